The highest BCUT2D eigenvalue weighted by molar-refractivity contribution is 7.92. The molecule has 10 heteroatoms. The number of rotatable bonds is 5. The average molecular weight is 481 g/mol. The van der Waals surface area contributed by atoms with Crippen molar-refractivity contribution in [2.45, 2.75) is 44.9 Å². The molecule has 3 heterocycles. The molecular weight excluding hydrogens is 456 g/mol. The van der Waals surface area contributed by atoms with Crippen LogP contribution in [0.4, 0.5) is 17.5 Å². The Morgan fingerprint density at radius 2 is 1.79 bits per heavy atom. The molecule has 4 aromatic rings. The number of nitrogens with one attached hydrogen (secondary N) is 2. The van der Waals surface area contributed by atoms with Gasteiger partial charge in [0.2, 0.25) is 5.95 Å². The van der Waals surface area contributed by atoms with Gasteiger partial charge in [0.25, 0.3) is 10.0 Å². The van der Waals surface area contributed by atoms with Crippen LogP contribution in [0.5, 0.6) is 0 Å². The van der Waals surface area contributed by atoms with E-state index in [1.54, 1.807) is 61.8 Å². The van der Waals surface area contributed by atoms with Crippen molar-refractivity contribution >= 4 is 49.0 Å². The van der Waals surface area contributed by atoms with Gasteiger partial charge in [0.15, 0.2) is 0 Å². The van der Waals surface area contributed by atoms with E-state index >= 15 is 0 Å². The van der Waals surface area contributed by atoms with Crippen molar-refractivity contribution in [3.63, 3.8) is 0 Å². The van der Waals surface area contributed by atoms with Crippen LogP contribution in [0.3, 0.4) is 0 Å². The highest BCUT2D eigenvalue weighted by Crippen LogP contribution is 2.40. The minimum atomic E-state index is -3.81. The number of anilines is 3. The molecule has 1 aromatic carbocycles. The number of aryl methyl sites for hydroxylation is 3. The summed E-state index contributed by atoms with van der Waals surface area (Å²) < 4.78 is 28.0. The van der Waals surface area contributed by atoms with Crippen LogP contribution in [-0.4, -0.2) is 28.4 Å². The normalized spacial score (nSPS) is 15.9. The van der Waals surface area contributed by atoms with Gasteiger partial charge in [-0.3, -0.25) is 0 Å². The van der Waals surface area contributed by atoms with E-state index in [1.807, 2.05) is 0 Å². The van der Waals surface area contributed by atoms with Gasteiger partial charge >= 0.3 is 0 Å². The molecule has 1 unspecified atom stereocenters. The van der Waals surface area contributed by atoms with E-state index in [0.717, 1.165) is 41.0 Å². The monoisotopic (exact) mass is 480 g/mol. The lowest BCUT2D eigenvalue weighted by Crippen LogP contribution is -2.15. The Kier molecular flexibility index (Phi) is 5.49. The molecule has 1 atom stereocenters. The summed E-state index contributed by atoms with van der Waals surface area (Å²) in [5.74, 6) is 1.51. The van der Waals surface area contributed by atoms with E-state index in [1.165, 1.54) is 10.4 Å². The van der Waals surface area contributed by atoms with Crippen molar-refractivity contribution in [3.05, 3.63) is 58.5 Å². The van der Waals surface area contributed by atoms with Gasteiger partial charge in [0, 0.05) is 22.0 Å². The zero-order valence-electron chi connectivity index (χ0n) is 18.6. The zero-order valence-corrected chi connectivity index (χ0v) is 20.2. The van der Waals surface area contributed by atoms with E-state index in [2.05, 4.69) is 36.9 Å². The largest absolute Gasteiger partial charge is 0.340 e. The lowest BCUT2D eigenvalue weighted by Gasteiger charge is -2.18. The Morgan fingerprint density at radius 3 is 2.52 bits per heavy atom. The molecule has 1 aliphatic carbocycles. The summed E-state index contributed by atoms with van der Waals surface area (Å²) in [7, 11) is -3.81. The first-order valence-electron chi connectivity index (χ1n) is 10.8. The highest BCUT2D eigenvalue weighted by atomic mass is 32.2. The summed E-state index contributed by atoms with van der Waals surface area (Å²) in [6.07, 6.45) is 4.85. The number of fused-ring (bicyclic) bond motifs is 3. The Morgan fingerprint density at radius 1 is 1.06 bits per heavy atom. The van der Waals surface area contributed by atoms with Gasteiger partial charge in [-0.15, -0.1) is 11.3 Å². The molecule has 2 N–H and O–H groups in total. The Hall–Kier alpha value is -3.11. The third kappa shape index (κ3) is 4.40. The fourth-order valence-corrected chi connectivity index (χ4v) is 6.47. The average Bonchev–Trinajstić information content (AvgIpc) is 3.11. The van der Waals surface area contributed by atoms with Gasteiger partial charge in [-0.25, -0.2) is 33.1 Å². The first kappa shape index (κ1) is 21.7. The molecular formula is C23H24N6O2S2. The Bertz CT molecular complexity index is 1430. The number of sulfonamides is 1. The topological polar surface area (TPSA) is 110 Å². The van der Waals surface area contributed by atoms with E-state index < -0.39 is 10.0 Å². The Balaban J connectivity index is 1.40. The van der Waals surface area contributed by atoms with E-state index in [-0.39, 0.29) is 10.8 Å². The minimum Gasteiger partial charge on any atom is -0.340 e. The second kappa shape index (κ2) is 8.35. The molecule has 33 heavy (non-hydrogen) atoms. The van der Waals surface area contributed by atoms with Crippen LogP contribution in [0.1, 0.15) is 35.2 Å². The second-order valence-corrected chi connectivity index (χ2v) is 11.2. The van der Waals surface area contributed by atoms with Gasteiger partial charge in [-0.05, 0) is 74.9 Å². The summed E-state index contributed by atoms with van der Waals surface area (Å²) >= 11 is 1.75. The molecule has 0 fully saturated rings. The molecule has 5 rings (SSSR count). The molecule has 170 valence electrons. The lowest BCUT2D eigenvalue weighted by atomic mass is 9.89. The molecule has 0 saturated heterocycles. The molecule has 3 aromatic heterocycles. The highest BCUT2D eigenvalue weighted by Gasteiger charge is 2.23. The first-order valence-corrected chi connectivity index (χ1v) is 13.1. The molecule has 0 spiro atoms. The van der Waals surface area contributed by atoms with Crippen molar-refractivity contribution in [1.82, 2.24) is 19.9 Å². The Labute approximate surface area is 196 Å². The molecule has 0 amide bonds. The number of thiophene rings is 1. The van der Waals surface area contributed by atoms with Crippen molar-refractivity contribution < 1.29 is 8.42 Å². The van der Waals surface area contributed by atoms with Gasteiger partial charge in [-0.1, -0.05) is 6.92 Å². The standard InChI is InChI=1S/C23H24N6O2S2/c1-13-4-9-18-19(10-13)32-22-20(18)21(24-12-25-22)28-16-5-7-17(8-6-16)33(30,31)29-23-26-14(2)11-15(3)27-23/h5-8,11-13H,4,9-10H2,1-3H3,(H,24,25,28)(H,26,27,29). The molecule has 0 aliphatic heterocycles. The minimum absolute atomic E-state index is 0.0645. The summed E-state index contributed by atoms with van der Waals surface area (Å²) in [5.41, 5.74) is 3.48. The van der Waals surface area contributed by atoms with Crippen molar-refractivity contribution in [2.75, 3.05) is 10.0 Å². The molecule has 1 aliphatic rings. The van der Waals surface area contributed by atoms with Crippen LogP contribution < -0.4 is 10.0 Å². The predicted molar refractivity (Wildman–Crippen MR) is 131 cm³/mol. The van der Waals surface area contributed by atoms with Crippen LogP contribution >= 0.6 is 11.3 Å². The fourth-order valence-electron chi connectivity index (χ4n) is 4.17. The van der Waals surface area contributed by atoms with Gasteiger partial charge < -0.3 is 5.32 Å². The van der Waals surface area contributed by atoms with E-state index in [9.17, 15) is 8.42 Å². The number of hydrogen-bond acceptors (Lipinski definition) is 8. The zero-order chi connectivity index (χ0) is 23.2. The molecule has 0 saturated carbocycles. The quantitative estimate of drug-likeness (QED) is 0.423. The van der Waals surface area contributed by atoms with Crippen LogP contribution in [0.25, 0.3) is 10.2 Å². The van der Waals surface area contributed by atoms with Gasteiger partial charge in [0.1, 0.15) is 17.0 Å². The number of hydrogen-bond donors (Lipinski definition) is 2. The summed E-state index contributed by atoms with van der Waals surface area (Å²) in [6, 6.07) is 8.35. The number of benzene rings is 1. The maximum Gasteiger partial charge on any atom is 0.264 e. The van der Waals surface area contributed by atoms with Crippen molar-refractivity contribution in [1.29, 1.82) is 0 Å². The third-order valence-corrected chi connectivity index (χ3v) is 8.23. The van der Waals surface area contributed by atoms with Crippen molar-refractivity contribution in [3.8, 4) is 0 Å². The third-order valence-electron chi connectivity index (χ3n) is 5.73. The molecule has 0 radical (unpaired) electrons. The van der Waals surface area contributed by atoms with Crippen molar-refractivity contribution in [2.24, 2.45) is 5.92 Å². The maximum atomic E-state index is 12.8. The number of nitrogens with zero attached hydrogens (tertiary/aromatic N) is 4. The van der Waals surface area contributed by atoms with Crippen LogP contribution in [0, 0.1) is 19.8 Å². The van der Waals surface area contributed by atoms with Crippen LogP contribution in [-0.2, 0) is 22.9 Å². The predicted octanol–water partition coefficient (Wildman–Crippen LogP) is 4.77. The first-order chi connectivity index (χ1) is 15.8. The van der Waals surface area contributed by atoms with E-state index in [4.69, 9.17) is 0 Å². The molecule has 8 nitrogen and oxygen atoms in total. The summed E-state index contributed by atoms with van der Waals surface area (Å²) in [6.45, 7) is 5.87. The summed E-state index contributed by atoms with van der Waals surface area (Å²) in [4.78, 5) is 19.8. The second-order valence-electron chi connectivity index (χ2n) is 8.48. The smallest absolute Gasteiger partial charge is 0.264 e. The van der Waals surface area contributed by atoms with Gasteiger partial charge in [0.05, 0.1) is 10.3 Å². The van der Waals surface area contributed by atoms with Crippen LogP contribution in [0.2, 0.25) is 0 Å². The van der Waals surface area contributed by atoms with E-state index in [0.29, 0.717) is 17.3 Å². The van der Waals surface area contributed by atoms with Crippen LogP contribution in [0.15, 0.2) is 41.6 Å². The SMILES string of the molecule is Cc1cc(C)nc(NS(=O)(=O)c2ccc(Nc3ncnc4sc5c(c34)CCC(C)C5)cc2)n1. The summed E-state index contributed by atoms with van der Waals surface area (Å²) in [5, 5.41) is 4.43. The lowest BCUT2D eigenvalue weighted by molar-refractivity contribution is 0.509. The number of aromatic nitrogens is 4. The maximum absolute atomic E-state index is 12.8. The molecule has 0 bridgehead atoms. The van der Waals surface area contributed by atoms with Gasteiger partial charge in [-0.2, -0.15) is 0 Å². The fraction of sp³-hybridized carbons (Fsp3) is 0.304.